The summed E-state index contributed by atoms with van der Waals surface area (Å²) < 4.78 is 5.08. The molecule has 1 aliphatic rings. The van der Waals surface area contributed by atoms with E-state index < -0.39 is 5.97 Å². The van der Waals surface area contributed by atoms with E-state index in [2.05, 4.69) is 5.43 Å². The molecule has 0 aliphatic carbocycles. The number of esters is 1. The van der Waals surface area contributed by atoms with Gasteiger partial charge in [0.15, 0.2) is 4.32 Å². The van der Waals surface area contributed by atoms with Crippen molar-refractivity contribution in [3.05, 3.63) is 34.7 Å². The van der Waals surface area contributed by atoms with Gasteiger partial charge in [-0.3, -0.25) is 9.59 Å². The average Bonchev–Trinajstić information content (AvgIpc) is 2.72. The first kappa shape index (κ1) is 16.5. The maximum Gasteiger partial charge on any atom is 0.321 e. The molecule has 1 fully saturated rings. The van der Waals surface area contributed by atoms with Crippen LogP contribution in [0.15, 0.2) is 29.2 Å². The third-order valence-corrected chi connectivity index (χ3v) is 3.95. The second kappa shape index (κ2) is 7.39. The summed E-state index contributed by atoms with van der Waals surface area (Å²) in [6.07, 6.45) is 1.63. The number of nitrogens with one attached hydrogen (secondary N) is 1. The Morgan fingerprint density at radius 2 is 2.32 bits per heavy atom. The van der Waals surface area contributed by atoms with Gasteiger partial charge in [-0.2, -0.15) is 0 Å². The molecule has 1 heterocycles. The second-order valence-electron chi connectivity index (χ2n) is 4.25. The lowest BCUT2D eigenvalue weighted by molar-refractivity contribution is -0.143. The number of carbonyl (C=O) groups excluding carboxylic acids is 2. The van der Waals surface area contributed by atoms with Gasteiger partial charge in [0.05, 0.1) is 11.5 Å². The number of aromatic hydroxyl groups is 1. The molecule has 1 aliphatic heterocycles. The molecule has 22 heavy (non-hydrogen) atoms. The lowest BCUT2D eigenvalue weighted by Gasteiger charge is -2.14. The van der Waals surface area contributed by atoms with Crippen LogP contribution in [-0.2, 0) is 14.3 Å². The van der Waals surface area contributed by atoms with Crippen molar-refractivity contribution >= 4 is 46.3 Å². The van der Waals surface area contributed by atoms with Crippen molar-refractivity contribution in [3.63, 3.8) is 0 Å². The molecule has 0 spiro atoms. The first-order valence-electron chi connectivity index (χ1n) is 6.47. The first-order chi connectivity index (χ1) is 10.5. The number of hydrogen-bond acceptors (Lipinski definition) is 7. The van der Waals surface area contributed by atoms with Crippen LogP contribution in [0.4, 0.5) is 0 Å². The molecule has 1 aromatic carbocycles. The topological polar surface area (TPSA) is 78.9 Å². The van der Waals surface area contributed by atoms with Gasteiger partial charge in [0.25, 0.3) is 5.91 Å². The molecule has 2 rings (SSSR count). The van der Waals surface area contributed by atoms with Crippen molar-refractivity contribution in [2.24, 2.45) is 0 Å². The Balaban J connectivity index is 2.06. The third-order valence-electron chi connectivity index (χ3n) is 2.65. The van der Waals surface area contributed by atoms with E-state index >= 15 is 0 Å². The molecule has 1 aromatic rings. The zero-order chi connectivity index (χ0) is 16.1. The molecule has 1 amide bonds. The Labute approximate surface area is 137 Å². The number of rotatable bonds is 5. The largest absolute Gasteiger partial charge is 0.508 e. The fraction of sp³-hybridized carbons (Fsp3) is 0.214. The molecule has 2 N–H and O–H groups in total. The van der Waals surface area contributed by atoms with Crippen LogP contribution in [0.3, 0.4) is 0 Å². The third kappa shape index (κ3) is 4.06. The van der Waals surface area contributed by atoms with Crippen molar-refractivity contribution < 1.29 is 19.4 Å². The number of ether oxygens (including phenoxy) is 1. The Morgan fingerprint density at radius 3 is 3.00 bits per heavy atom. The zero-order valence-electron chi connectivity index (χ0n) is 11.7. The number of thioether (sulfide) groups is 1. The summed E-state index contributed by atoms with van der Waals surface area (Å²) in [4.78, 5) is 24.0. The van der Waals surface area contributed by atoms with E-state index in [0.717, 1.165) is 16.8 Å². The van der Waals surface area contributed by atoms with E-state index in [1.54, 1.807) is 37.3 Å². The van der Waals surface area contributed by atoms with Crippen molar-refractivity contribution in [2.75, 3.05) is 13.2 Å². The molecule has 0 saturated carbocycles. The zero-order valence-corrected chi connectivity index (χ0v) is 13.4. The number of thiocarbonyl (C=S) groups is 1. The van der Waals surface area contributed by atoms with E-state index in [4.69, 9.17) is 17.0 Å². The summed E-state index contributed by atoms with van der Waals surface area (Å²) in [5.74, 6) is -0.694. The van der Waals surface area contributed by atoms with Gasteiger partial charge in [-0.15, -0.1) is 0 Å². The number of benzene rings is 1. The maximum absolute atomic E-state index is 12.2. The number of hydrogen-bond donors (Lipinski definition) is 2. The van der Waals surface area contributed by atoms with Gasteiger partial charge < -0.3 is 9.84 Å². The highest BCUT2D eigenvalue weighted by molar-refractivity contribution is 8.26. The molecule has 0 atom stereocenters. The summed E-state index contributed by atoms with van der Waals surface area (Å²) in [7, 11) is 0. The van der Waals surface area contributed by atoms with E-state index in [-0.39, 0.29) is 24.8 Å². The van der Waals surface area contributed by atoms with E-state index in [9.17, 15) is 14.7 Å². The molecular weight excluding hydrogens is 324 g/mol. The van der Waals surface area contributed by atoms with Crippen LogP contribution in [0, 0.1) is 0 Å². The van der Waals surface area contributed by atoms with Crippen LogP contribution < -0.4 is 5.43 Å². The van der Waals surface area contributed by atoms with Gasteiger partial charge in [-0.05, 0) is 30.7 Å². The summed E-state index contributed by atoms with van der Waals surface area (Å²) in [5.41, 5.74) is 3.34. The van der Waals surface area contributed by atoms with Gasteiger partial charge in [0.1, 0.15) is 12.3 Å². The molecule has 116 valence electrons. The summed E-state index contributed by atoms with van der Waals surface area (Å²) >= 11 is 6.24. The summed E-state index contributed by atoms with van der Waals surface area (Å²) in [5, 5.41) is 10.6. The lowest BCUT2D eigenvalue weighted by Crippen LogP contribution is -2.44. The van der Waals surface area contributed by atoms with Gasteiger partial charge in [-0.1, -0.05) is 36.1 Å². The summed E-state index contributed by atoms with van der Waals surface area (Å²) in [6.45, 7) is 1.84. The number of phenols is 1. The number of hydrazine groups is 1. The minimum Gasteiger partial charge on any atom is -0.508 e. The van der Waals surface area contributed by atoms with Crippen LogP contribution in [0.1, 0.15) is 12.5 Å². The van der Waals surface area contributed by atoms with E-state index in [1.165, 1.54) is 0 Å². The number of amides is 1. The highest BCUT2D eigenvalue weighted by Gasteiger charge is 2.32. The van der Waals surface area contributed by atoms with Crippen molar-refractivity contribution in [1.82, 2.24) is 10.4 Å². The lowest BCUT2D eigenvalue weighted by atomic mass is 10.2. The van der Waals surface area contributed by atoms with Crippen LogP contribution >= 0.6 is 24.0 Å². The van der Waals surface area contributed by atoms with E-state index in [1.807, 2.05) is 0 Å². The minimum absolute atomic E-state index is 0.115. The predicted octanol–water partition coefficient (Wildman–Crippen LogP) is 1.66. The van der Waals surface area contributed by atoms with Crippen LogP contribution in [0.2, 0.25) is 0 Å². The monoisotopic (exact) mass is 338 g/mol. The second-order valence-corrected chi connectivity index (χ2v) is 5.93. The van der Waals surface area contributed by atoms with Crippen molar-refractivity contribution in [1.29, 1.82) is 0 Å². The van der Waals surface area contributed by atoms with E-state index in [0.29, 0.717) is 14.8 Å². The molecule has 0 radical (unpaired) electrons. The van der Waals surface area contributed by atoms with Gasteiger partial charge in [0, 0.05) is 0 Å². The van der Waals surface area contributed by atoms with Gasteiger partial charge >= 0.3 is 5.97 Å². The summed E-state index contributed by atoms with van der Waals surface area (Å²) in [6, 6.07) is 6.53. The molecular formula is C14H14N2O4S2. The SMILES string of the molecule is CCOC(=O)CNN1C(=O)/C(=C\c2cccc(O)c2)SC1=S. The molecule has 8 heteroatoms. The van der Waals surface area contributed by atoms with Crippen LogP contribution in [0.25, 0.3) is 6.08 Å². The maximum atomic E-state index is 12.2. The molecule has 1 saturated heterocycles. The predicted molar refractivity (Wildman–Crippen MR) is 87.8 cm³/mol. The average molecular weight is 338 g/mol. The van der Waals surface area contributed by atoms with Gasteiger partial charge in [0.2, 0.25) is 0 Å². The standard InChI is InChI=1S/C14H14N2O4S2/c1-2-20-12(18)8-15-16-13(19)11(22-14(16)21)7-9-4-3-5-10(17)6-9/h3-7,15,17H,2,8H2,1H3/b11-7+. The minimum atomic E-state index is -0.464. The van der Waals surface area contributed by atoms with Gasteiger partial charge in [-0.25, -0.2) is 10.4 Å². The Hall–Kier alpha value is -1.90. The van der Waals surface area contributed by atoms with Crippen LogP contribution in [-0.4, -0.2) is 39.5 Å². The number of carbonyl (C=O) groups is 2. The smallest absolute Gasteiger partial charge is 0.321 e. The molecule has 6 nitrogen and oxygen atoms in total. The van der Waals surface area contributed by atoms with Crippen LogP contribution in [0.5, 0.6) is 5.75 Å². The molecule has 0 bridgehead atoms. The fourth-order valence-electron chi connectivity index (χ4n) is 1.73. The number of nitrogens with zero attached hydrogens (tertiary/aromatic N) is 1. The fourth-order valence-corrected chi connectivity index (χ4v) is 2.94. The van der Waals surface area contributed by atoms with Crippen molar-refractivity contribution in [3.8, 4) is 5.75 Å². The first-order valence-corrected chi connectivity index (χ1v) is 7.70. The highest BCUT2D eigenvalue weighted by atomic mass is 32.2. The Bertz CT molecular complexity index is 645. The number of phenolic OH excluding ortho intramolecular Hbond substituents is 1. The normalized spacial score (nSPS) is 16.4. The molecule has 0 aromatic heterocycles. The molecule has 0 unspecified atom stereocenters. The Morgan fingerprint density at radius 1 is 1.55 bits per heavy atom. The van der Waals surface area contributed by atoms with Crippen molar-refractivity contribution in [2.45, 2.75) is 6.92 Å². The Kier molecular flexibility index (Phi) is 5.53. The highest BCUT2D eigenvalue weighted by Crippen LogP contribution is 2.31. The quantitative estimate of drug-likeness (QED) is 0.480.